The third kappa shape index (κ3) is 5.74. The van der Waals surface area contributed by atoms with Crippen molar-refractivity contribution >= 4 is 22.4 Å². The molecule has 0 saturated heterocycles. The number of aryl methyl sites for hydroxylation is 1. The predicted octanol–water partition coefficient (Wildman–Crippen LogP) is 1.94. The van der Waals surface area contributed by atoms with Gasteiger partial charge in [0.25, 0.3) is 0 Å². The number of rotatable bonds is 4. The second kappa shape index (κ2) is 5.55. The number of amides is 1. The molecule has 0 aliphatic carbocycles. The molecule has 0 radical (unpaired) electrons. The number of aromatic nitrogens is 2. The van der Waals surface area contributed by atoms with Gasteiger partial charge in [-0.15, -0.1) is 10.2 Å². The molecule has 1 rings (SSSR count). The second-order valence-corrected chi connectivity index (χ2v) is 6.59. The predicted molar refractivity (Wildman–Crippen MR) is 69.9 cm³/mol. The van der Waals surface area contributed by atoms with Crippen LogP contribution in [0.4, 0.5) is 5.13 Å². The largest absolute Gasteiger partial charge is 0.327 e. The second-order valence-electron chi connectivity index (χ2n) is 5.40. The fourth-order valence-electron chi connectivity index (χ4n) is 1.61. The van der Waals surface area contributed by atoms with Gasteiger partial charge in [0, 0.05) is 12.5 Å². The van der Waals surface area contributed by atoms with Crippen LogP contribution in [0.5, 0.6) is 0 Å². The number of carbonyl (C=O) groups excluding carboxylic acids is 1. The molecule has 1 unspecified atom stereocenters. The van der Waals surface area contributed by atoms with Crippen molar-refractivity contribution in [3.8, 4) is 0 Å². The SMILES string of the molecule is Cc1nnc(NC(=O)CC(N)CC(C)(C)C)s1. The van der Waals surface area contributed by atoms with E-state index in [1.54, 1.807) is 0 Å². The van der Waals surface area contributed by atoms with Crippen LogP contribution in [-0.2, 0) is 4.79 Å². The van der Waals surface area contributed by atoms with Crippen molar-refractivity contribution in [3.63, 3.8) is 0 Å². The third-order valence-electron chi connectivity index (χ3n) is 2.09. The van der Waals surface area contributed by atoms with E-state index in [4.69, 9.17) is 5.73 Å². The average Bonchev–Trinajstić information content (AvgIpc) is 2.46. The number of anilines is 1. The highest BCUT2D eigenvalue weighted by molar-refractivity contribution is 7.15. The van der Waals surface area contributed by atoms with E-state index in [1.807, 2.05) is 6.92 Å². The topological polar surface area (TPSA) is 80.9 Å². The number of hydrogen-bond acceptors (Lipinski definition) is 5. The van der Waals surface area contributed by atoms with E-state index in [1.165, 1.54) is 11.3 Å². The van der Waals surface area contributed by atoms with Crippen molar-refractivity contribution < 1.29 is 4.79 Å². The van der Waals surface area contributed by atoms with Gasteiger partial charge in [-0.2, -0.15) is 0 Å². The first-order valence-corrected chi connectivity index (χ1v) is 6.43. The van der Waals surface area contributed by atoms with Gasteiger partial charge in [0.2, 0.25) is 11.0 Å². The molecule has 1 amide bonds. The molecule has 0 saturated carbocycles. The summed E-state index contributed by atoms with van der Waals surface area (Å²) in [5.41, 5.74) is 6.06. The minimum absolute atomic E-state index is 0.0992. The van der Waals surface area contributed by atoms with Crippen LogP contribution in [0.25, 0.3) is 0 Å². The minimum atomic E-state index is -0.121. The van der Waals surface area contributed by atoms with E-state index in [0.717, 1.165) is 11.4 Å². The molecule has 1 aromatic rings. The molecule has 0 fully saturated rings. The number of carbonyl (C=O) groups is 1. The first-order chi connectivity index (χ1) is 7.76. The molecular formula is C11H20N4OS. The lowest BCUT2D eigenvalue weighted by molar-refractivity contribution is -0.116. The maximum atomic E-state index is 11.7. The Balaban J connectivity index is 2.39. The van der Waals surface area contributed by atoms with Gasteiger partial charge in [-0.3, -0.25) is 4.79 Å². The van der Waals surface area contributed by atoms with E-state index < -0.39 is 0 Å². The Kier molecular flexibility index (Phi) is 4.59. The molecule has 17 heavy (non-hydrogen) atoms. The Morgan fingerprint density at radius 3 is 2.59 bits per heavy atom. The molecule has 6 heteroatoms. The van der Waals surface area contributed by atoms with Crippen LogP contribution in [0.2, 0.25) is 0 Å². The van der Waals surface area contributed by atoms with Gasteiger partial charge in [-0.25, -0.2) is 0 Å². The summed E-state index contributed by atoms with van der Waals surface area (Å²) >= 11 is 1.36. The molecule has 1 atom stereocenters. The molecule has 0 aromatic carbocycles. The van der Waals surface area contributed by atoms with Crippen LogP contribution in [0.3, 0.4) is 0 Å². The Morgan fingerprint density at radius 1 is 1.47 bits per heavy atom. The van der Waals surface area contributed by atoms with Crippen molar-refractivity contribution in [2.45, 2.75) is 46.6 Å². The summed E-state index contributed by atoms with van der Waals surface area (Å²) in [5.74, 6) is -0.0992. The summed E-state index contributed by atoms with van der Waals surface area (Å²) in [6.07, 6.45) is 1.13. The monoisotopic (exact) mass is 256 g/mol. The number of hydrogen-bond donors (Lipinski definition) is 2. The summed E-state index contributed by atoms with van der Waals surface area (Å²) in [6.45, 7) is 8.18. The molecule has 1 heterocycles. The highest BCUT2D eigenvalue weighted by atomic mass is 32.1. The van der Waals surface area contributed by atoms with Gasteiger partial charge in [0.15, 0.2) is 0 Å². The molecule has 1 aromatic heterocycles. The maximum Gasteiger partial charge on any atom is 0.227 e. The van der Waals surface area contributed by atoms with E-state index >= 15 is 0 Å². The number of nitrogens with zero attached hydrogens (tertiary/aromatic N) is 2. The highest BCUT2D eigenvalue weighted by Gasteiger charge is 2.18. The highest BCUT2D eigenvalue weighted by Crippen LogP contribution is 2.21. The van der Waals surface area contributed by atoms with Crippen molar-refractivity contribution in [1.82, 2.24) is 10.2 Å². The van der Waals surface area contributed by atoms with Gasteiger partial charge in [0.1, 0.15) is 5.01 Å². The fourth-order valence-corrected chi connectivity index (χ4v) is 2.22. The molecule has 96 valence electrons. The average molecular weight is 256 g/mol. The smallest absolute Gasteiger partial charge is 0.227 e. The maximum absolute atomic E-state index is 11.7. The number of nitrogens with two attached hydrogens (primary N) is 1. The molecule has 0 spiro atoms. The Labute approximate surface area is 106 Å². The van der Waals surface area contributed by atoms with Crippen LogP contribution in [0.1, 0.15) is 38.6 Å². The van der Waals surface area contributed by atoms with Crippen molar-refractivity contribution in [1.29, 1.82) is 0 Å². The van der Waals surface area contributed by atoms with Crippen LogP contribution >= 0.6 is 11.3 Å². The van der Waals surface area contributed by atoms with Crippen molar-refractivity contribution in [2.75, 3.05) is 5.32 Å². The minimum Gasteiger partial charge on any atom is -0.327 e. The molecule has 0 aliphatic rings. The Hall–Kier alpha value is -1.01. The zero-order valence-electron chi connectivity index (χ0n) is 10.8. The van der Waals surface area contributed by atoms with Crippen LogP contribution in [0, 0.1) is 12.3 Å². The molecular weight excluding hydrogens is 236 g/mol. The van der Waals surface area contributed by atoms with Crippen LogP contribution < -0.4 is 11.1 Å². The van der Waals surface area contributed by atoms with Crippen LogP contribution in [0.15, 0.2) is 0 Å². The first-order valence-electron chi connectivity index (χ1n) is 5.62. The van der Waals surface area contributed by atoms with Crippen LogP contribution in [-0.4, -0.2) is 22.1 Å². The summed E-state index contributed by atoms with van der Waals surface area (Å²) in [7, 11) is 0. The quantitative estimate of drug-likeness (QED) is 0.862. The zero-order valence-corrected chi connectivity index (χ0v) is 11.6. The molecule has 3 N–H and O–H groups in total. The van der Waals surface area contributed by atoms with E-state index in [9.17, 15) is 4.79 Å². The third-order valence-corrected chi connectivity index (χ3v) is 2.85. The van der Waals surface area contributed by atoms with E-state index in [2.05, 4.69) is 36.3 Å². The van der Waals surface area contributed by atoms with E-state index in [0.29, 0.717) is 11.6 Å². The lowest BCUT2D eigenvalue weighted by Gasteiger charge is -2.22. The normalized spacial score (nSPS) is 13.5. The standard InChI is InChI=1S/C11H20N4OS/c1-7-14-15-10(17-7)13-9(16)5-8(12)6-11(2,3)4/h8H,5-6,12H2,1-4H3,(H,13,15,16). The van der Waals surface area contributed by atoms with Gasteiger partial charge in [-0.05, 0) is 18.8 Å². The first kappa shape index (κ1) is 14.1. The molecule has 0 aliphatic heterocycles. The Morgan fingerprint density at radius 2 is 2.12 bits per heavy atom. The van der Waals surface area contributed by atoms with Gasteiger partial charge in [0.05, 0.1) is 0 Å². The lowest BCUT2D eigenvalue weighted by Crippen LogP contribution is -2.31. The zero-order chi connectivity index (χ0) is 13.1. The van der Waals surface area contributed by atoms with Gasteiger partial charge in [-0.1, -0.05) is 32.1 Å². The summed E-state index contributed by atoms with van der Waals surface area (Å²) in [5, 5.41) is 11.7. The molecule has 5 nitrogen and oxygen atoms in total. The molecule has 0 bridgehead atoms. The van der Waals surface area contributed by atoms with Gasteiger partial charge >= 0.3 is 0 Å². The lowest BCUT2D eigenvalue weighted by atomic mass is 9.87. The Bertz CT molecular complexity index is 383. The summed E-state index contributed by atoms with van der Waals surface area (Å²) < 4.78 is 0. The number of nitrogens with one attached hydrogen (secondary N) is 1. The van der Waals surface area contributed by atoms with E-state index in [-0.39, 0.29) is 17.4 Å². The fraction of sp³-hybridized carbons (Fsp3) is 0.727. The summed E-state index contributed by atoms with van der Waals surface area (Å²) in [6, 6.07) is -0.121. The van der Waals surface area contributed by atoms with Crippen molar-refractivity contribution in [2.24, 2.45) is 11.1 Å². The van der Waals surface area contributed by atoms with Crippen molar-refractivity contribution in [3.05, 3.63) is 5.01 Å². The summed E-state index contributed by atoms with van der Waals surface area (Å²) in [4.78, 5) is 11.7. The van der Waals surface area contributed by atoms with Gasteiger partial charge < -0.3 is 11.1 Å².